The van der Waals surface area contributed by atoms with Crippen molar-refractivity contribution in [1.29, 1.82) is 0 Å². The summed E-state index contributed by atoms with van der Waals surface area (Å²) < 4.78 is 5.43. The van der Waals surface area contributed by atoms with Crippen LogP contribution in [0.3, 0.4) is 0 Å². The molecule has 0 saturated carbocycles. The number of ether oxygens (including phenoxy) is 1. The Labute approximate surface area is 132 Å². The maximum Gasteiger partial charge on any atom is 0.248 e. The van der Waals surface area contributed by atoms with E-state index in [1.54, 1.807) is 18.1 Å². The van der Waals surface area contributed by atoms with Gasteiger partial charge in [0.2, 0.25) is 5.91 Å². The molecule has 0 unspecified atom stereocenters. The Kier molecular flexibility index (Phi) is 3.86. The lowest BCUT2D eigenvalue weighted by Gasteiger charge is -2.28. The van der Waals surface area contributed by atoms with E-state index in [2.05, 4.69) is 0 Å². The highest BCUT2D eigenvalue weighted by Gasteiger charge is 2.33. The maximum absolute atomic E-state index is 11.7. The third-order valence-corrected chi connectivity index (χ3v) is 4.97. The molecule has 1 aromatic rings. The number of methoxy groups -OCH3 is 1. The predicted molar refractivity (Wildman–Crippen MR) is 81.9 cm³/mol. The van der Waals surface area contributed by atoms with Crippen LogP contribution < -0.4 is 4.74 Å². The van der Waals surface area contributed by atoms with Crippen LogP contribution in [0.25, 0.3) is 5.57 Å². The summed E-state index contributed by atoms with van der Waals surface area (Å²) >= 11 is 12.5. The third kappa shape index (κ3) is 2.31. The average molecular weight is 328 g/mol. The number of amides is 1. The number of aliphatic hydroxyl groups is 1. The zero-order chi connectivity index (χ0) is 15.1. The quantitative estimate of drug-likeness (QED) is 0.908. The minimum absolute atomic E-state index is 0.256. The second-order valence-electron chi connectivity index (χ2n) is 5.21. The highest BCUT2D eigenvalue weighted by atomic mass is 35.5. The molecule has 1 heterocycles. The summed E-state index contributed by atoms with van der Waals surface area (Å²) in [5.41, 5.74) is 4.28. The van der Waals surface area contributed by atoms with Crippen LogP contribution in [-0.4, -0.2) is 42.7 Å². The van der Waals surface area contributed by atoms with Gasteiger partial charge in [0.25, 0.3) is 0 Å². The predicted octanol–water partition coefficient (Wildman–Crippen LogP) is 2.54. The topological polar surface area (TPSA) is 49.8 Å². The lowest BCUT2D eigenvalue weighted by Crippen LogP contribution is -2.37. The minimum atomic E-state index is -0.464. The molecule has 0 fully saturated rings. The molecule has 4 nitrogen and oxygen atoms in total. The summed E-state index contributed by atoms with van der Waals surface area (Å²) in [6.07, 6.45) is 1.54. The van der Waals surface area contributed by atoms with Crippen molar-refractivity contribution in [3.05, 3.63) is 32.8 Å². The highest BCUT2D eigenvalue weighted by molar-refractivity contribution is 6.43. The van der Waals surface area contributed by atoms with Crippen molar-refractivity contribution in [3.63, 3.8) is 0 Å². The molecule has 0 bridgehead atoms. The molecular formula is C15H15Cl2NO3. The van der Waals surface area contributed by atoms with E-state index in [-0.39, 0.29) is 5.91 Å². The van der Waals surface area contributed by atoms with Crippen LogP contribution in [0, 0.1) is 0 Å². The zero-order valence-corrected chi connectivity index (χ0v) is 13.1. The first-order chi connectivity index (χ1) is 10.1. The van der Waals surface area contributed by atoms with Gasteiger partial charge >= 0.3 is 0 Å². The summed E-state index contributed by atoms with van der Waals surface area (Å²) in [7, 11) is 1.60. The van der Waals surface area contributed by atoms with Gasteiger partial charge in [-0.05, 0) is 24.0 Å². The van der Waals surface area contributed by atoms with E-state index in [0.717, 1.165) is 29.5 Å². The number of hydrogen-bond acceptors (Lipinski definition) is 3. The zero-order valence-electron chi connectivity index (χ0n) is 11.6. The molecule has 112 valence electrons. The molecule has 0 spiro atoms. The van der Waals surface area contributed by atoms with Crippen molar-refractivity contribution < 1.29 is 14.6 Å². The van der Waals surface area contributed by atoms with Crippen molar-refractivity contribution in [2.24, 2.45) is 0 Å². The van der Waals surface area contributed by atoms with Gasteiger partial charge in [0.05, 0.1) is 17.2 Å². The van der Waals surface area contributed by atoms with E-state index in [1.807, 2.05) is 0 Å². The molecule has 3 rings (SSSR count). The fraction of sp³-hybridized carbons (Fsp3) is 0.400. The van der Waals surface area contributed by atoms with Crippen molar-refractivity contribution in [3.8, 4) is 5.75 Å². The molecule has 21 heavy (non-hydrogen) atoms. The van der Waals surface area contributed by atoms with Crippen molar-refractivity contribution >= 4 is 34.7 Å². The van der Waals surface area contributed by atoms with Crippen LogP contribution in [0.15, 0.2) is 11.6 Å². The van der Waals surface area contributed by atoms with Gasteiger partial charge in [0.15, 0.2) is 0 Å². The second kappa shape index (κ2) is 5.52. The van der Waals surface area contributed by atoms with E-state index >= 15 is 0 Å². The van der Waals surface area contributed by atoms with Crippen LogP contribution >= 0.6 is 23.2 Å². The van der Waals surface area contributed by atoms with E-state index in [4.69, 9.17) is 33.0 Å². The first kappa shape index (κ1) is 14.7. The van der Waals surface area contributed by atoms with Crippen LogP contribution in [0.2, 0.25) is 10.0 Å². The Morgan fingerprint density at radius 1 is 1.48 bits per heavy atom. The summed E-state index contributed by atoms with van der Waals surface area (Å²) in [5.74, 6) is 0.428. The lowest BCUT2D eigenvalue weighted by atomic mass is 9.99. The smallest absolute Gasteiger partial charge is 0.248 e. The van der Waals surface area contributed by atoms with Gasteiger partial charge in [-0.25, -0.2) is 0 Å². The molecule has 1 aromatic carbocycles. The van der Waals surface area contributed by atoms with Gasteiger partial charge in [-0.2, -0.15) is 0 Å². The van der Waals surface area contributed by atoms with E-state index < -0.39 is 6.61 Å². The Morgan fingerprint density at radius 3 is 2.90 bits per heavy atom. The third-order valence-electron chi connectivity index (χ3n) is 4.14. The molecule has 0 atom stereocenters. The summed E-state index contributed by atoms with van der Waals surface area (Å²) in [6, 6.07) is 1.71. The standard InChI is InChI=1S/C15H15Cl2NO3/c1-21-12-5-11(16)15(17)9-4-8-2-3-18(13(20)7-19)6-10(8)14(9)12/h5,19H,2-4,6-7H2,1H3. The van der Waals surface area contributed by atoms with Gasteiger partial charge in [0.1, 0.15) is 12.4 Å². The first-order valence-corrected chi connectivity index (χ1v) is 7.47. The fourth-order valence-electron chi connectivity index (χ4n) is 3.09. The molecule has 1 aliphatic carbocycles. The molecule has 2 aliphatic rings. The number of benzene rings is 1. The van der Waals surface area contributed by atoms with Crippen molar-refractivity contribution in [1.82, 2.24) is 4.90 Å². The average Bonchev–Trinajstić information content (AvgIpc) is 2.89. The second-order valence-corrected chi connectivity index (χ2v) is 6.00. The highest BCUT2D eigenvalue weighted by Crippen LogP contribution is 2.47. The molecule has 1 aliphatic heterocycles. The first-order valence-electron chi connectivity index (χ1n) is 6.71. The minimum Gasteiger partial charge on any atom is -0.496 e. The number of aliphatic hydroxyl groups excluding tert-OH is 1. The number of fused-ring (bicyclic) bond motifs is 2. The molecule has 0 aromatic heterocycles. The van der Waals surface area contributed by atoms with Gasteiger partial charge in [-0.1, -0.05) is 28.8 Å². The maximum atomic E-state index is 11.7. The van der Waals surface area contributed by atoms with E-state index in [9.17, 15) is 4.79 Å². The SMILES string of the molecule is COc1cc(Cl)c(Cl)c2c1C1=C(CCN(C(=O)CO)C1)C2. The monoisotopic (exact) mass is 327 g/mol. The molecule has 6 heteroatoms. The number of halogens is 2. The molecule has 0 radical (unpaired) electrons. The van der Waals surface area contributed by atoms with E-state index in [0.29, 0.717) is 28.9 Å². The Balaban J connectivity index is 2.05. The molecular weight excluding hydrogens is 313 g/mol. The normalized spacial score (nSPS) is 16.9. The van der Waals surface area contributed by atoms with Crippen molar-refractivity contribution in [2.75, 3.05) is 26.8 Å². The Morgan fingerprint density at radius 2 is 2.24 bits per heavy atom. The number of carbonyl (C=O) groups excluding carboxylic acids is 1. The Bertz CT molecular complexity index is 655. The number of nitrogens with zero attached hydrogens (tertiary/aromatic N) is 1. The summed E-state index contributed by atoms with van der Waals surface area (Å²) in [6.45, 7) is 0.643. The van der Waals surface area contributed by atoms with Crippen LogP contribution in [-0.2, 0) is 11.2 Å². The van der Waals surface area contributed by atoms with Crippen molar-refractivity contribution in [2.45, 2.75) is 12.8 Å². The van der Waals surface area contributed by atoms with Gasteiger partial charge in [-0.3, -0.25) is 4.79 Å². The van der Waals surface area contributed by atoms with Gasteiger partial charge in [0, 0.05) is 24.7 Å². The van der Waals surface area contributed by atoms with Crippen LogP contribution in [0.4, 0.5) is 0 Å². The van der Waals surface area contributed by atoms with Crippen LogP contribution in [0.1, 0.15) is 17.5 Å². The lowest BCUT2D eigenvalue weighted by molar-refractivity contribution is -0.133. The molecule has 1 amide bonds. The number of hydrogen-bond donors (Lipinski definition) is 1. The summed E-state index contributed by atoms with van der Waals surface area (Å²) in [5, 5.41) is 10.1. The largest absolute Gasteiger partial charge is 0.496 e. The Hall–Kier alpha value is -1.23. The van der Waals surface area contributed by atoms with Crippen LogP contribution in [0.5, 0.6) is 5.75 Å². The van der Waals surface area contributed by atoms with E-state index in [1.165, 1.54) is 5.57 Å². The summed E-state index contributed by atoms with van der Waals surface area (Å²) in [4.78, 5) is 13.4. The van der Waals surface area contributed by atoms with Gasteiger partial charge in [-0.15, -0.1) is 0 Å². The number of rotatable bonds is 2. The van der Waals surface area contributed by atoms with Gasteiger partial charge < -0.3 is 14.7 Å². The molecule has 0 saturated heterocycles. The molecule has 1 N–H and O–H groups in total. The number of carbonyl (C=O) groups is 1. The fourth-order valence-corrected chi connectivity index (χ4v) is 3.52.